The second-order valence-corrected chi connectivity index (χ2v) is 4.70. The SMILES string of the molecule is NC(=O)N1C=CC2=C(c3ccccc31)[C@@H](O)[C@H](O)C=C2. The third-order valence-electron chi connectivity index (χ3n) is 3.50. The van der Waals surface area contributed by atoms with Gasteiger partial charge < -0.3 is 15.9 Å². The number of aliphatic hydroxyl groups excluding tert-OH is 2. The summed E-state index contributed by atoms with van der Waals surface area (Å²) in [6.45, 7) is 0. The summed E-state index contributed by atoms with van der Waals surface area (Å²) in [5.41, 5.74) is 8.00. The largest absolute Gasteiger partial charge is 0.386 e. The van der Waals surface area contributed by atoms with Crippen LogP contribution in [0.25, 0.3) is 5.57 Å². The molecule has 2 atom stereocenters. The van der Waals surface area contributed by atoms with E-state index in [1.54, 1.807) is 36.6 Å². The maximum Gasteiger partial charge on any atom is 0.323 e. The van der Waals surface area contributed by atoms with E-state index in [9.17, 15) is 15.0 Å². The number of primary amides is 1. The fourth-order valence-corrected chi connectivity index (χ4v) is 2.54. The average Bonchev–Trinajstić information content (AvgIpc) is 2.60. The van der Waals surface area contributed by atoms with Crippen molar-refractivity contribution in [3.8, 4) is 0 Å². The number of urea groups is 1. The van der Waals surface area contributed by atoms with Crippen molar-refractivity contribution < 1.29 is 15.0 Å². The highest BCUT2D eigenvalue weighted by atomic mass is 16.3. The van der Waals surface area contributed by atoms with Crippen LogP contribution in [0.5, 0.6) is 0 Å². The number of carbonyl (C=O) groups is 1. The van der Waals surface area contributed by atoms with Gasteiger partial charge in [-0.15, -0.1) is 0 Å². The number of para-hydroxylation sites is 1. The summed E-state index contributed by atoms with van der Waals surface area (Å²) in [5.74, 6) is 0. The summed E-state index contributed by atoms with van der Waals surface area (Å²) in [6, 6.07) is 6.54. The van der Waals surface area contributed by atoms with Crippen molar-refractivity contribution in [1.82, 2.24) is 0 Å². The molecule has 3 rings (SSSR count). The average molecular weight is 270 g/mol. The third-order valence-corrected chi connectivity index (χ3v) is 3.50. The van der Waals surface area contributed by atoms with Crippen molar-refractivity contribution in [3.63, 3.8) is 0 Å². The first kappa shape index (κ1) is 12.7. The topological polar surface area (TPSA) is 86.8 Å². The van der Waals surface area contributed by atoms with Crippen molar-refractivity contribution in [2.24, 2.45) is 5.73 Å². The summed E-state index contributed by atoms with van der Waals surface area (Å²) in [5, 5.41) is 20.1. The van der Waals surface area contributed by atoms with E-state index in [-0.39, 0.29) is 0 Å². The first-order valence-electron chi connectivity index (χ1n) is 6.24. The number of fused-ring (bicyclic) bond motifs is 2. The number of anilines is 1. The van der Waals surface area contributed by atoms with E-state index in [2.05, 4.69) is 0 Å². The molecule has 0 saturated heterocycles. The predicted molar refractivity (Wildman–Crippen MR) is 75.7 cm³/mol. The van der Waals surface area contributed by atoms with Gasteiger partial charge in [-0.1, -0.05) is 30.4 Å². The second-order valence-electron chi connectivity index (χ2n) is 4.70. The van der Waals surface area contributed by atoms with Gasteiger partial charge in [-0.2, -0.15) is 0 Å². The molecule has 0 fully saturated rings. The molecular formula is C15H14N2O3. The lowest BCUT2D eigenvalue weighted by Crippen LogP contribution is -2.32. The second kappa shape index (κ2) is 4.63. The van der Waals surface area contributed by atoms with E-state index in [4.69, 9.17) is 5.73 Å². The fourth-order valence-electron chi connectivity index (χ4n) is 2.54. The zero-order valence-corrected chi connectivity index (χ0v) is 10.6. The van der Waals surface area contributed by atoms with Crippen LogP contribution in [-0.4, -0.2) is 28.5 Å². The molecule has 5 heteroatoms. The molecule has 4 N–H and O–H groups in total. The molecule has 0 unspecified atom stereocenters. The molecule has 0 aromatic heterocycles. The van der Waals surface area contributed by atoms with Crippen molar-refractivity contribution in [2.45, 2.75) is 12.2 Å². The Morgan fingerprint density at radius 2 is 1.95 bits per heavy atom. The molecule has 1 aliphatic heterocycles. The summed E-state index contributed by atoms with van der Waals surface area (Å²) >= 11 is 0. The molecule has 1 aromatic rings. The molecule has 0 saturated carbocycles. The predicted octanol–water partition coefficient (Wildman–Crippen LogP) is 1.14. The van der Waals surface area contributed by atoms with Gasteiger partial charge in [0.25, 0.3) is 0 Å². The maximum absolute atomic E-state index is 11.6. The number of hydrogen-bond acceptors (Lipinski definition) is 3. The Bertz CT molecular complexity index is 661. The molecule has 102 valence electrons. The molecular weight excluding hydrogens is 256 g/mol. The van der Waals surface area contributed by atoms with E-state index >= 15 is 0 Å². The minimum Gasteiger partial charge on any atom is -0.386 e. The van der Waals surface area contributed by atoms with Crippen molar-refractivity contribution in [3.05, 3.63) is 59.8 Å². The van der Waals surface area contributed by atoms with Crippen LogP contribution < -0.4 is 10.6 Å². The van der Waals surface area contributed by atoms with Gasteiger partial charge in [-0.3, -0.25) is 4.90 Å². The number of carbonyl (C=O) groups excluding carboxylic acids is 1. The van der Waals surface area contributed by atoms with Gasteiger partial charge in [0.05, 0.1) is 5.69 Å². The van der Waals surface area contributed by atoms with Gasteiger partial charge in [0, 0.05) is 17.3 Å². The summed E-state index contributed by atoms with van der Waals surface area (Å²) in [4.78, 5) is 12.9. The summed E-state index contributed by atoms with van der Waals surface area (Å²) in [6.07, 6.45) is 4.52. The molecule has 1 aliphatic carbocycles. The Morgan fingerprint density at radius 3 is 2.70 bits per heavy atom. The van der Waals surface area contributed by atoms with Crippen LogP contribution in [0, 0.1) is 0 Å². The summed E-state index contributed by atoms with van der Waals surface area (Å²) in [7, 11) is 0. The number of rotatable bonds is 0. The standard InChI is InChI=1S/C15H14N2O3/c16-15(20)17-8-7-9-5-6-12(18)14(19)13(9)10-3-1-2-4-11(10)17/h1-8,12,14,18-19H,(H2,16,20)/t12-,14+/m1/s1. The Kier molecular flexibility index (Phi) is 2.93. The van der Waals surface area contributed by atoms with E-state index in [0.717, 1.165) is 5.57 Å². The normalized spacial score (nSPS) is 24.2. The first-order chi connectivity index (χ1) is 9.59. The lowest BCUT2D eigenvalue weighted by Gasteiger charge is -2.25. The number of nitrogens with two attached hydrogens (primary N) is 1. The molecule has 1 heterocycles. The van der Waals surface area contributed by atoms with Gasteiger partial charge in [0.1, 0.15) is 12.2 Å². The zero-order valence-electron chi connectivity index (χ0n) is 10.6. The van der Waals surface area contributed by atoms with Crippen LogP contribution in [0.1, 0.15) is 5.56 Å². The van der Waals surface area contributed by atoms with Crippen molar-refractivity contribution >= 4 is 17.3 Å². The van der Waals surface area contributed by atoms with Crippen LogP contribution in [-0.2, 0) is 0 Å². The Morgan fingerprint density at radius 1 is 1.20 bits per heavy atom. The smallest absolute Gasteiger partial charge is 0.323 e. The van der Waals surface area contributed by atoms with Crippen LogP contribution in [0.15, 0.2) is 54.3 Å². The van der Waals surface area contributed by atoms with Crippen molar-refractivity contribution in [2.75, 3.05) is 4.90 Å². The monoisotopic (exact) mass is 270 g/mol. The van der Waals surface area contributed by atoms with Gasteiger partial charge in [0.2, 0.25) is 0 Å². The molecule has 2 amide bonds. The molecule has 0 spiro atoms. The number of benzene rings is 1. The number of nitrogens with zero attached hydrogens (tertiary/aromatic N) is 1. The highest BCUT2D eigenvalue weighted by molar-refractivity contribution is 5.99. The van der Waals surface area contributed by atoms with E-state index in [1.807, 2.05) is 6.07 Å². The lowest BCUT2D eigenvalue weighted by molar-refractivity contribution is 0.0856. The Hall–Kier alpha value is -2.37. The zero-order chi connectivity index (χ0) is 14.3. The van der Waals surface area contributed by atoms with Crippen LogP contribution in [0.2, 0.25) is 0 Å². The van der Waals surface area contributed by atoms with E-state index in [1.165, 1.54) is 11.0 Å². The molecule has 1 aromatic carbocycles. The molecule has 20 heavy (non-hydrogen) atoms. The highest BCUT2D eigenvalue weighted by Crippen LogP contribution is 2.37. The Balaban J connectivity index is 2.25. The highest BCUT2D eigenvalue weighted by Gasteiger charge is 2.30. The van der Waals surface area contributed by atoms with Gasteiger partial charge >= 0.3 is 6.03 Å². The third kappa shape index (κ3) is 1.84. The maximum atomic E-state index is 11.6. The fraction of sp³-hybridized carbons (Fsp3) is 0.133. The number of amides is 2. The molecule has 2 aliphatic rings. The quantitative estimate of drug-likeness (QED) is 0.660. The van der Waals surface area contributed by atoms with Gasteiger partial charge in [-0.05, 0) is 17.7 Å². The van der Waals surface area contributed by atoms with Gasteiger partial charge in [-0.25, -0.2) is 4.79 Å². The lowest BCUT2D eigenvalue weighted by atomic mass is 9.87. The van der Waals surface area contributed by atoms with E-state index in [0.29, 0.717) is 16.8 Å². The number of allylic oxidation sites excluding steroid dienone is 3. The summed E-state index contributed by atoms with van der Waals surface area (Å²) < 4.78 is 0. The molecule has 0 radical (unpaired) electrons. The molecule has 0 bridgehead atoms. The van der Waals surface area contributed by atoms with Crippen LogP contribution in [0.3, 0.4) is 0 Å². The number of aliphatic hydroxyl groups is 2. The minimum atomic E-state index is -1.03. The van der Waals surface area contributed by atoms with Crippen LogP contribution >= 0.6 is 0 Å². The first-order valence-corrected chi connectivity index (χ1v) is 6.24. The van der Waals surface area contributed by atoms with Gasteiger partial charge in [0.15, 0.2) is 0 Å². The Labute approximate surface area is 115 Å². The molecule has 5 nitrogen and oxygen atoms in total. The van der Waals surface area contributed by atoms with Crippen molar-refractivity contribution in [1.29, 1.82) is 0 Å². The van der Waals surface area contributed by atoms with Crippen LogP contribution in [0.4, 0.5) is 10.5 Å². The minimum absolute atomic E-state index is 0.586. The van der Waals surface area contributed by atoms with E-state index < -0.39 is 18.2 Å². The number of hydrogen-bond donors (Lipinski definition) is 3.